The van der Waals surface area contributed by atoms with E-state index in [0.717, 1.165) is 4.55 Å². The van der Waals surface area contributed by atoms with E-state index >= 15 is 0 Å². The molecule has 0 aliphatic heterocycles. The van der Waals surface area contributed by atoms with Crippen LogP contribution in [0.5, 0.6) is 0 Å². The number of nitrogens with zero attached hydrogens (tertiary/aromatic N) is 1. The van der Waals surface area contributed by atoms with Gasteiger partial charge in [0.1, 0.15) is 0 Å². The van der Waals surface area contributed by atoms with Crippen molar-refractivity contribution in [3.63, 3.8) is 0 Å². The van der Waals surface area contributed by atoms with Crippen LogP contribution in [0.25, 0.3) is 0 Å². The van der Waals surface area contributed by atoms with Gasteiger partial charge in [-0.15, -0.1) is 0 Å². The number of quaternary nitrogens is 1. The first-order valence-electron chi connectivity index (χ1n) is 2.19. The van der Waals surface area contributed by atoms with E-state index in [1.807, 2.05) is 0 Å². The van der Waals surface area contributed by atoms with E-state index in [-0.39, 0.29) is 17.5 Å². The molecule has 8 heavy (non-hydrogen) atoms. The van der Waals surface area contributed by atoms with E-state index in [0.29, 0.717) is 0 Å². The molecule has 0 bridgehead atoms. The Bertz CT molecular complexity index is 54.5. The molecule has 0 amide bonds. The van der Waals surface area contributed by atoms with Crippen molar-refractivity contribution in [3.8, 4) is 0 Å². The summed E-state index contributed by atoms with van der Waals surface area (Å²) in [6, 6.07) is 0. The van der Waals surface area contributed by atoms with E-state index in [9.17, 15) is 0 Å². The quantitative estimate of drug-likeness (QED) is 0.238. The fourth-order valence-electron chi connectivity index (χ4n) is 0.284. The minimum atomic E-state index is -0.811. The van der Waals surface area contributed by atoms with E-state index in [1.54, 1.807) is 0 Å². The van der Waals surface area contributed by atoms with Crippen LogP contribution in [0.4, 0.5) is 0 Å². The maximum absolute atomic E-state index is 5.58. The summed E-state index contributed by atoms with van der Waals surface area (Å²) in [5.41, 5.74) is 3.85. The van der Waals surface area contributed by atoms with Crippen LogP contribution < -0.4 is 27.2 Å². The molecule has 0 spiro atoms. The SMILES string of the molecule is CN(C)I(C[NH3+])[I-]N. The average Bonchev–Trinajstić information content (AvgIpc) is 1.69. The molecular weight excluding hydrogens is 332 g/mol. The van der Waals surface area contributed by atoms with Crippen molar-refractivity contribution < 1.29 is 23.2 Å². The molecule has 5 N–H and O–H groups in total. The Morgan fingerprint density at radius 3 is 2.25 bits per heavy atom. The second-order valence-electron chi connectivity index (χ2n) is 1.34. The van der Waals surface area contributed by atoms with Crippen LogP contribution in [-0.4, -0.2) is 21.8 Å². The number of hydrogen-bond acceptors (Lipinski definition) is 2. The Morgan fingerprint density at radius 1 is 1.75 bits per heavy atom. The van der Waals surface area contributed by atoms with Gasteiger partial charge in [0.25, 0.3) is 0 Å². The van der Waals surface area contributed by atoms with Gasteiger partial charge >= 0.3 is 65.1 Å². The zero-order chi connectivity index (χ0) is 6.57. The van der Waals surface area contributed by atoms with Crippen LogP contribution in [-0.2, 0) is 0 Å². The summed E-state index contributed by atoms with van der Waals surface area (Å²) in [5, 5.41) is 0. The van der Waals surface area contributed by atoms with Crippen LogP contribution in [0.1, 0.15) is 0 Å². The number of nitrogens with two attached hydrogens (primary N) is 1. The van der Waals surface area contributed by atoms with Crippen LogP contribution in [0.15, 0.2) is 0 Å². The summed E-state index contributed by atoms with van der Waals surface area (Å²) in [7, 11) is 4.23. The molecule has 0 heterocycles. The summed E-state index contributed by atoms with van der Waals surface area (Å²) < 4.78 is 8.98. The zero-order valence-corrected chi connectivity index (χ0v) is 9.51. The third-order valence-corrected chi connectivity index (χ3v) is 15.4. The van der Waals surface area contributed by atoms with Crippen molar-refractivity contribution in [1.29, 1.82) is 0 Å². The van der Waals surface area contributed by atoms with Gasteiger partial charge in [-0.3, -0.25) is 0 Å². The van der Waals surface area contributed by atoms with Crippen molar-refractivity contribution in [2.45, 2.75) is 0 Å². The molecule has 0 unspecified atom stereocenters. The Labute approximate surface area is 64.6 Å². The molecule has 5 heteroatoms. The molecule has 0 aromatic carbocycles. The van der Waals surface area contributed by atoms with Gasteiger partial charge in [-0.1, -0.05) is 0 Å². The second kappa shape index (κ2) is 5.15. The number of halogens is 2. The maximum atomic E-state index is 5.58. The molecule has 0 aliphatic carbocycles. The van der Waals surface area contributed by atoms with E-state index < -0.39 is 16.1 Å². The molecule has 0 saturated heterocycles. The first-order valence-corrected chi connectivity index (χ1v) is 12.2. The fraction of sp³-hybridized carbons (Fsp3) is 1.00. The van der Waals surface area contributed by atoms with Crippen LogP contribution in [0.3, 0.4) is 0 Å². The molecule has 0 rings (SSSR count). The molecule has 0 fully saturated rings. The number of rotatable bonds is 3. The predicted octanol–water partition coefficient (Wildman–Crippen LogP) is -3.95. The second-order valence-corrected chi connectivity index (χ2v) is 15.9. The van der Waals surface area contributed by atoms with Crippen LogP contribution in [0.2, 0.25) is 0 Å². The Kier molecular flexibility index (Phi) is 6.01. The van der Waals surface area contributed by atoms with Gasteiger partial charge in [0.05, 0.1) is 0 Å². The Morgan fingerprint density at radius 2 is 2.25 bits per heavy atom. The van der Waals surface area contributed by atoms with Gasteiger partial charge in [-0.25, -0.2) is 0 Å². The number of hydrogen-bond donors (Lipinski definition) is 2. The van der Waals surface area contributed by atoms with Crippen molar-refractivity contribution in [1.82, 2.24) is 3.11 Å². The summed E-state index contributed by atoms with van der Waals surface area (Å²) in [6.45, 7) is 0. The standard InChI is InChI=1S/C3H12I2N3/c1-8(2)5(3-6)4-7/h3,6-7H2,1-2H3/q-1/p+1. The van der Waals surface area contributed by atoms with Gasteiger partial charge in [-0.2, -0.15) is 0 Å². The monoisotopic (exact) mass is 345 g/mol. The summed E-state index contributed by atoms with van der Waals surface area (Å²) >= 11 is -0.790. The third-order valence-electron chi connectivity index (χ3n) is 0.618. The third kappa shape index (κ3) is 3.38. The molecule has 0 saturated carbocycles. The van der Waals surface area contributed by atoms with Crippen molar-refractivity contribution in [2.75, 3.05) is 18.6 Å². The molecule has 3 nitrogen and oxygen atoms in total. The van der Waals surface area contributed by atoms with Crippen molar-refractivity contribution in [3.05, 3.63) is 0 Å². The molecule has 0 aliphatic rings. The first-order chi connectivity index (χ1) is 3.72. The molecule has 0 radical (unpaired) electrons. The summed E-state index contributed by atoms with van der Waals surface area (Å²) in [4.78, 5) is 0. The van der Waals surface area contributed by atoms with Crippen molar-refractivity contribution >= 4 is 16.1 Å². The molecular formula is C3H13I2N3. The van der Waals surface area contributed by atoms with Gasteiger partial charge in [0.15, 0.2) is 0 Å². The van der Waals surface area contributed by atoms with Gasteiger partial charge in [0, 0.05) is 0 Å². The summed E-state index contributed by atoms with van der Waals surface area (Å²) in [5.74, 6) is 0. The molecule has 0 aromatic rings. The van der Waals surface area contributed by atoms with Crippen LogP contribution >= 0.6 is 16.1 Å². The predicted molar refractivity (Wildman–Crippen MR) is 39.6 cm³/mol. The van der Waals surface area contributed by atoms with Crippen LogP contribution in [0, 0.1) is 0 Å². The minimum absolute atomic E-state index is 0.0213. The topological polar surface area (TPSA) is 56.9 Å². The van der Waals surface area contributed by atoms with E-state index in [2.05, 4.69) is 22.9 Å². The molecule has 0 aromatic heterocycles. The summed E-state index contributed by atoms with van der Waals surface area (Å²) in [6.07, 6.45) is 0. The van der Waals surface area contributed by atoms with Crippen molar-refractivity contribution in [2.24, 2.45) is 3.95 Å². The normalized spacial score (nSPS) is 12.9. The van der Waals surface area contributed by atoms with Gasteiger partial charge in [0.2, 0.25) is 0 Å². The van der Waals surface area contributed by atoms with E-state index in [4.69, 9.17) is 3.95 Å². The Hall–Kier alpha value is 1.34. The molecule has 54 valence electrons. The Balaban J connectivity index is 3.35. The van der Waals surface area contributed by atoms with Gasteiger partial charge < -0.3 is 0 Å². The average molecular weight is 345 g/mol. The number of alkyl halides is 1. The van der Waals surface area contributed by atoms with Gasteiger partial charge in [-0.05, 0) is 0 Å². The first kappa shape index (κ1) is 9.34. The van der Waals surface area contributed by atoms with E-state index in [1.165, 1.54) is 0 Å². The molecule has 0 atom stereocenters. The fourth-order valence-corrected chi connectivity index (χ4v) is 6.31. The zero-order valence-electron chi connectivity index (χ0n) is 5.19.